The number of benzene rings is 2. The summed E-state index contributed by atoms with van der Waals surface area (Å²) in [6.45, 7) is 2.07. The molecule has 6 heteroatoms. The highest BCUT2D eigenvalue weighted by Gasteiger charge is 2.16. The molecule has 0 aliphatic rings. The Morgan fingerprint density at radius 1 is 0.750 bits per heavy atom. The third-order valence-corrected chi connectivity index (χ3v) is 5.51. The van der Waals surface area contributed by atoms with Crippen LogP contribution in [0.3, 0.4) is 0 Å². The molecule has 0 saturated carbocycles. The van der Waals surface area contributed by atoms with Gasteiger partial charge in [0.15, 0.2) is 5.01 Å². The zero-order valence-electron chi connectivity index (χ0n) is 12.9. The van der Waals surface area contributed by atoms with E-state index in [9.17, 15) is 0 Å². The number of aromatic nitrogens is 3. The average molecular weight is 350 g/mol. The predicted octanol–water partition coefficient (Wildman–Crippen LogP) is 4.89. The van der Waals surface area contributed by atoms with Crippen molar-refractivity contribution in [3.63, 3.8) is 0 Å². The van der Waals surface area contributed by atoms with Crippen LogP contribution < -0.4 is 5.73 Å². The summed E-state index contributed by atoms with van der Waals surface area (Å²) in [6, 6.07) is 18.3. The molecular formula is C18H14N4S2. The Kier molecular flexibility index (Phi) is 3.84. The van der Waals surface area contributed by atoms with E-state index >= 15 is 0 Å². The Hall–Kier alpha value is -2.57. The lowest BCUT2D eigenvalue weighted by molar-refractivity contribution is 1.09. The molecule has 4 rings (SSSR count). The molecule has 0 aliphatic heterocycles. The third kappa shape index (κ3) is 2.81. The summed E-state index contributed by atoms with van der Waals surface area (Å²) in [4.78, 5) is 4.67. The van der Waals surface area contributed by atoms with Crippen molar-refractivity contribution in [2.45, 2.75) is 6.92 Å². The molecule has 118 valence electrons. The number of hydrogen-bond acceptors (Lipinski definition) is 6. The first kappa shape index (κ1) is 15.0. The number of aryl methyl sites for hydroxylation is 1. The van der Waals surface area contributed by atoms with Crippen molar-refractivity contribution in [1.82, 2.24) is 15.2 Å². The molecular weight excluding hydrogens is 336 g/mol. The van der Waals surface area contributed by atoms with E-state index < -0.39 is 0 Å². The Morgan fingerprint density at radius 2 is 1.42 bits per heavy atom. The molecule has 4 nitrogen and oxygen atoms in total. The molecule has 24 heavy (non-hydrogen) atoms. The summed E-state index contributed by atoms with van der Waals surface area (Å²) >= 11 is 2.98. The van der Waals surface area contributed by atoms with E-state index in [1.54, 1.807) is 0 Å². The van der Waals surface area contributed by atoms with Crippen molar-refractivity contribution in [2.24, 2.45) is 0 Å². The second-order valence-corrected chi connectivity index (χ2v) is 7.38. The zero-order valence-corrected chi connectivity index (χ0v) is 14.6. The van der Waals surface area contributed by atoms with Crippen molar-refractivity contribution in [1.29, 1.82) is 0 Å². The summed E-state index contributed by atoms with van der Waals surface area (Å²) in [5, 5.41) is 11.8. The van der Waals surface area contributed by atoms with Crippen LogP contribution in [-0.2, 0) is 0 Å². The van der Waals surface area contributed by atoms with Gasteiger partial charge in [-0.15, -0.1) is 10.2 Å². The maximum atomic E-state index is 6.17. The smallest absolute Gasteiger partial charge is 0.169 e. The van der Waals surface area contributed by atoms with Crippen LogP contribution >= 0.6 is 22.7 Å². The van der Waals surface area contributed by atoms with Gasteiger partial charge in [-0.1, -0.05) is 82.8 Å². The number of nitrogens with zero attached hydrogens (tertiary/aromatic N) is 3. The van der Waals surface area contributed by atoms with Crippen LogP contribution in [0.2, 0.25) is 0 Å². The van der Waals surface area contributed by atoms with Crippen LogP contribution in [0.25, 0.3) is 31.8 Å². The highest BCUT2D eigenvalue weighted by Crippen LogP contribution is 2.38. The third-order valence-electron chi connectivity index (χ3n) is 3.60. The molecule has 4 aromatic rings. The van der Waals surface area contributed by atoms with Gasteiger partial charge >= 0.3 is 0 Å². The van der Waals surface area contributed by atoms with E-state index in [0.717, 1.165) is 31.8 Å². The molecule has 0 bridgehead atoms. The second-order valence-electron chi connectivity index (χ2n) is 5.38. The van der Waals surface area contributed by atoms with Gasteiger partial charge in [-0.05, 0) is 6.92 Å². The molecule has 0 spiro atoms. The normalized spacial score (nSPS) is 10.9. The van der Waals surface area contributed by atoms with Crippen LogP contribution in [0.15, 0.2) is 54.6 Å². The lowest BCUT2D eigenvalue weighted by Gasteiger charge is -1.95. The van der Waals surface area contributed by atoms with Crippen molar-refractivity contribution in [3.8, 4) is 31.8 Å². The lowest BCUT2D eigenvalue weighted by atomic mass is 10.2. The quantitative estimate of drug-likeness (QED) is 0.571. The van der Waals surface area contributed by atoms with Gasteiger partial charge in [-0.25, -0.2) is 4.98 Å². The number of thiazole rings is 1. The van der Waals surface area contributed by atoms with Crippen LogP contribution in [-0.4, -0.2) is 15.2 Å². The first-order chi connectivity index (χ1) is 11.7. The SMILES string of the molecule is Cc1ccc(-c2nnc(-c3nc(-c4ccccc4)sc3N)s2)cc1. The minimum Gasteiger partial charge on any atom is -0.389 e. The molecule has 0 amide bonds. The maximum absolute atomic E-state index is 6.17. The molecule has 0 aliphatic carbocycles. The molecule has 0 saturated heterocycles. The van der Waals surface area contributed by atoms with E-state index in [0.29, 0.717) is 5.00 Å². The Bertz CT molecular complexity index is 972. The lowest BCUT2D eigenvalue weighted by Crippen LogP contribution is -1.85. The second kappa shape index (κ2) is 6.14. The average Bonchev–Trinajstić information content (AvgIpc) is 3.23. The predicted molar refractivity (Wildman–Crippen MR) is 101 cm³/mol. The van der Waals surface area contributed by atoms with Crippen molar-refractivity contribution in [2.75, 3.05) is 5.73 Å². The summed E-state index contributed by atoms with van der Waals surface area (Å²) in [7, 11) is 0. The molecule has 0 unspecified atom stereocenters. The van der Waals surface area contributed by atoms with Gasteiger partial charge in [0.2, 0.25) is 0 Å². The van der Waals surface area contributed by atoms with Crippen LogP contribution in [0.1, 0.15) is 5.56 Å². The maximum Gasteiger partial charge on any atom is 0.169 e. The van der Waals surface area contributed by atoms with Gasteiger partial charge in [0.05, 0.1) is 0 Å². The number of nitrogens with two attached hydrogens (primary N) is 1. The van der Waals surface area contributed by atoms with Crippen molar-refractivity contribution < 1.29 is 0 Å². The van der Waals surface area contributed by atoms with Crippen LogP contribution in [0.4, 0.5) is 5.00 Å². The van der Waals surface area contributed by atoms with Crippen molar-refractivity contribution in [3.05, 3.63) is 60.2 Å². The molecule has 2 aromatic carbocycles. The minimum atomic E-state index is 0.667. The minimum absolute atomic E-state index is 0.667. The first-order valence-corrected chi connectivity index (χ1v) is 9.06. The van der Waals surface area contributed by atoms with E-state index in [1.807, 2.05) is 30.3 Å². The number of nitrogen functional groups attached to an aromatic ring is 1. The Morgan fingerprint density at radius 3 is 2.17 bits per heavy atom. The fourth-order valence-corrected chi connectivity index (χ4v) is 4.08. The Labute approximate surface area is 147 Å². The number of anilines is 1. The van der Waals surface area contributed by atoms with E-state index in [1.165, 1.54) is 28.2 Å². The van der Waals surface area contributed by atoms with Gasteiger partial charge in [0, 0.05) is 11.1 Å². The topological polar surface area (TPSA) is 64.7 Å². The highest BCUT2D eigenvalue weighted by atomic mass is 32.1. The summed E-state index contributed by atoms with van der Waals surface area (Å²) in [6.07, 6.45) is 0. The summed E-state index contributed by atoms with van der Waals surface area (Å²) < 4.78 is 0. The molecule has 0 atom stereocenters. The van der Waals surface area contributed by atoms with Crippen LogP contribution in [0.5, 0.6) is 0 Å². The van der Waals surface area contributed by atoms with Gasteiger partial charge in [0.25, 0.3) is 0 Å². The van der Waals surface area contributed by atoms with Gasteiger partial charge in [0.1, 0.15) is 20.7 Å². The van der Waals surface area contributed by atoms with E-state index in [4.69, 9.17) is 5.73 Å². The standard InChI is InChI=1S/C18H14N4S2/c1-11-7-9-13(10-8-11)17-21-22-18(24-17)14-15(19)23-16(20-14)12-5-3-2-4-6-12/h2-10H,19H2,1H3. The number of rotatable bonds is 3. The van der Waals surface area contributed by atoms with Crippen LogP contribution in [0, 0.1) is 6.92 Å². The molecule has 2 N–H and O–H groups in total. The molecule has 2 heterocycles. The summed E-state index contributed by atoms with van der Waals surface area (Å²) in [5.41, 5.74) is 10.2. The largest absolute Gasteiger partial charge is 0.389 e. The van der Waals surface area contributed by atoms with Gasteiger partial charge in [-0.2, -0.15) is 0 Å². The highest BCUT2D eigenvalue weighted by molar-refractivity contribution is 7.21. The Balaban J connectivity index is 1.70. The monoisotopic (exact) mass is 350 g/mol. The molecule has 2 aromatic heterocycles. The number of hydrogen-bond donors (Lipinski definition) is 1. The summed E-state index contributed by atoms with van der Waals surface area (Å²) in [5.74, 6) is 0. The fourth-order valence-electron chi connectivity index (χ4n) is 2.32. The van der Waals surface area contributed by atoms with Gasteiger partial charge in [-0.3, -0.25) is 0 Å². The first-order valence-electron chi connectivity index (χ1n) is 7.43. The molecule has 0 fully saturated rings. The fraction of sp³-hybridized carbons (Fsp3) is 0.0556. The van der Waals surface area contributed by atoms with E-state index in [2.05, 4.69) is 46.4 Å². The van der Waals surface area contributed by atoms with E-state index in [-0.39, 0.29) is 0 Å². The zero-order chi connectivity index (χ0) is 16.5. The van der Waals surface area contributed by atoms with Crippen molar-refractivity contribution >= 4 is 27.7 Å². The molecule has 0 radical (unpaired) electrons. The van der Waals surface area contributed by atoms with Gasteiger partial charge < -0.3 is 5.73 Å².